The minimum Gasteiger partial charge on any atom is -0.461 e. The van der Waals surface area contributed by atoms with Gasteiger partial charge in [0.25, 0.3) is 0 Å². The maximum atomic E-state index is 12.1. The van der Waals surface area contributed by atoms with Crippen molar-refractivity contribution in [3.63, 3.8) is 0 Å². The van der Waals surface area contributed by atoms with Gasteiger partial charge in [0.15, 0.2) is 11.9 Å². The summed E-state index contributed by atoms with van der Waals surface area (Å²) < 4.78 is 11.7. The van der Waals surface area contributed by atoms with Gasteiger partial charge in [-0.05, 0) is 18.4 Å². The molecular formula is C14H17N3O6S. The van der Waals surface area contributed by atoms with Gasteiger partial charge in [0, 0.05) is 0 Å². The van der Waals surface area contributed by atoms with E-state index in [0.29, 0.717) is 10.6 Å². The fourth-order valence-electron chi connectivity index (χ4n) is 2.53. The number of carbonyl (C=O) groups is 1. The van der Waals surface area contributed by atoms with Gasteiger partial charge in [-0.25, -0.2) is 9.48 Å². The minimum atomic E-state index is -1.32. The Balaban J connectivity index is 2.04. The van der Waals surface area contributed by atoms with Crippen LogP contribution in [0.5, 0.6) is 0 Å². The summed E-state index contributed by atoms with van der Waals surface area (Å²) in [6.45, 7) is 1.41. The molecule has 0 aromatic carbocycles. The molecule has 1 aliphatic rings. The van der Waals surface area contributed by atoms with Crippen molar-refractivity contribution in [2.24, 2.45) is 0 Å². The Kier molecular flexibility index (Phi) is 4.92. The lowest BCUT2D eigenvalue weighted by molar-refractivity contribution is -0.0585. The predicted octanol–water partition coefficient (Wildman–Crippen LogP) is -0.205. The van der Waals surface area contributed by atoms with Crippen molar-refractivity contribution in [1.29, 1.82) is 0 Å². The molecule has 0 amide bonds. The predicted molar refractivity (Wildman–Crippen MR) is 82.3 cm³/mol. The van der Waals surface area contributed by atoms with Crippen LogP contribution in [0.1, 0.15) is 23.6 Å². The third kappa shape index (κ3) is 2.82. The van der Waals surface area contributed by atoms with E-state index in [4.69, 9.17) is 9.47 Å². The van der Waals surface area contributed by atoms with Crippen molar-refractivity contribution in [3.8, 4) is 10.6 Å². The maximum Gasteiger partial charge on any atom is 0.361 e. The molecule has 10 heteroatoms. The van der Waals surface area contributed by atoms with E-state index in [1.54, 1.807) is 19.1 Å². The largest absolute Gasteiger partial charge is 0.461 e. The Morgan fingerprint density at radius 2 is 2.25 bits per heavy atom. The summed E-state index contributed by atoms with van der Waals surface area (Å²) in [5.74, 6) is -0.640. The Morgan fingerprint density at radius 1 is 1.46 bits per heavy atom. The van der Waals surface area contributed by atoms with E-state index in [1.807, 2.05) is 5.38 Å². The van der Waals surface area contributed by atoms with Crippen LogP contribution in [0.25, 0.3) is 10.6 Å². The molecule has 1 saturated heterocycles. The quantitative estimate of drug-likeness (QED) is 0.629. The van der Waals surface area contributed by atoms with Gasteiger partial charge in [-0.1, -0.05) is 11.3 Å². The summed E-state index contributed by atoms with van der Waals surface area (Å²) in [6, 6.07) is 3.56. The summed E-state index contributed by atoms with van der Waals surface area (Å²) in [5, 5.41) is 38.9. The zero-order chi connectivity index (χ0) is 17.3. The summed E-state index contributed by atoms with van der Waals surface area (Å²) in [4.78, 5) is 12.8. The molecule has 130 valence electrons. The van der Waals surface area contributed by atoms with Gasteiger partial charge in [0.1, 0.15) is 24.0 Å². The van der Waals surface area contributed by atoms with E-state index < -0.39 is 37.1 Å². The number of hydrogen-bond donors (Lipinski definition) is 3. The SMILES string of the molecule is CCOC(=O)c1nnn(C2OC(CO)C(O)C2O)c1-c1cccs1. The summed E-state index contributed by atoms with van der Waals surface area (Å²) in [5.41, 5.74) is 0.329. The van der Waals surface area contributed by atoms with E-state index in [0.717, 1.165) is 0 Å². The molecule has 0 bridgehead atoms. The summed E-state index contributed by atoms with van der Waals surface area (Å²) in [6.07, 6.45) is -4.62. The number of ether oxygens (including phenoxy) is 2. The molecule has 9 nitrogen and oxygen atoms in total. The van der Waals surface area contributed by atoms with Crippen molar-refractivity contribution in [1.82, 2.24) is 15.0 Å². The standard InChI is InChI=1S/C14H17N3O6S/c1-2-22-14(21)9-10(8-4-3-5-24-8)17(16-15-9)13-12(20)11(19)7(6-18)23-13/h3-5,7,11-13,18-20H,2,6H2,1H3. The van der Waals surface area contributed by atoms with Crippen LogP contribution in [0, 0.1) is 0 Å². The molecular weight excluding hydrogens is 338 g/mol. The monoisotopic (exact) mass is 355 g/mol. The second kappa shape index (κ2) is 6.95. The number of aromatic nitrogens is 3. The van der Waals surface area contributed by atoms with Gasteiger partial charge in [-0.2, -0.15) is 0 Å². The topological polar surface area (TPSA) is 127 Å². The number of aliphatic hydroxyl groups is 3. The van der Waals surface area contributed by atoms with E-state index in [9.17, 15) is 20.1 Å². The number of nitrogens with zero attached hydrogens (tertiary/aromatic N) is 3. The minimum absolute atomic E-state index is 0.00274. The van der Waals surface area contributed by atoms with E-state index >= 15 is 0 Å². The molecule has 4 atom stereocenters. The summed E-state index contributed by atoms with van der Waals surface area (Å²) in [7, 11) is 0. The third-order valence-electron chi connectivity index (χ3n) is 3.68. The first-order valence-electron chi connectivity index (χ1n) is 7.37. The fraction of sp³-hybridized carbons (Fsp3) is 0.500. The smallest absolute Gasteiger partial charge is 0.361 e. The number of thiophene rings is 1. The number of carbonyl (C=O) groups excluding carboxylic acids is 1. The molecule has 0 saturated carbocycles. The zero-order valence-electron chi connectivity index (χ0n) is 12.8. The molecule has 1 fully saturated rings. The van der Waals surface area contributed by atoms with Crippen molar-refractivity contribution in [2.75, 3.05) is 13.2 Å². The lowest BCUT2D eigenvalue weighted by atomic mass is 10.1. The summed E-state index contributed by atoms with van der Waals surface area (Å²) >= 11 is 1.35. The number of aliphatic hydroxyl groups excluding tert-OH is 3. The van der Waals surface area contributed by atoms with Gasteiger partial charge in [0.05, 0.1) is 18.1 Å². The highest BCUT2D eigenvalue weighted by molar-refractivity contribution is 7.13. The normalized spacial score (nSPS) is 26.7. The van der Waals surface area contributed by atoms with Gasteiger partial charge in [-0.15, -0.1) is 16.4 Å². The number of esters is 1. The maximum absolute atomic E-state index is 12.1. The van der Waals surface area contributed by atoms with Gasteiger partial charge < -0.3 is 24.8 Å². The molecule has 0 radical (unpaired) electrons. The Hall–Kier alpha value is -1.85. The molecule has 0 aliphatic carbocycles. The molecule has 2 aromatic heterocycles. The van der Waals surface area contributed by atoms with Gasteiger partial charge in [0.2, 0.25) is 0 Å². The van der Waals surface area contributed by atoms with Crippen LogP contribution in [0.4, 0.5) is 0 Å². The van der Waals surface area contributed by atoms with E-state index in [-0.39, 0.29) is 12.3 Å². The second-order valence-electron chi connectivity index (χ2n) is 5.16. The van der Waals surface area contributed by atoms with Crippen molar-refractivity contribution in [3.05, 3.63) is 23.2 Å². The first kappa shape index (κ1) is 17.0. The second-order valence-corrected chi connectivity index (χ2v) is 6.11. The lowest BCUT2D eigenvalue weighted by Crippen LogP contribution is -2.33. The van der Waals surface area contributed by atoms with E-state index in [2.05, 4.69) is 10.3 Å². The van der Waals surface area contributed by atoms with Crippen LogP contribution in [0.3, 0.4) is 0 Å². The Morgan fingerprint density at radius 3 is 2.83 bits per heavy atom. The van der Waals surface area contributed by atoms with Crippen molar-refractivity contribution in [2.45, 2.75) is 31.5 Å². The number of hydrogen-bond acceptors (Lipinski definition) is 9. The molecule has 24 heavy (non-hydrogen) atoms. The average Bonchev–Trinajstić information content (AvgIpc) is 3.28. The molecule has 1 aliphatic heterocycles. The molecule has 4 unspecified atom stereocenters. The van der Waals surface area contributed by atoms with Crippen molar-refractivity contribution < 1.29 is 29.6 Å². The Labute approximate surface area is 141 Å². The van der Waals surface area contributed by atoms with Gasteiger partial charge in [-0.3, -0.25) is 0 Å². The first-order chi connectivity index (χ1) is 11.6. The van der Waals surface area contributed by atoms with E-state index in [1.165, 1.54) is 16.0 Å². The third-order valence-corrected chi connectivity index (χ3v) is 4.55. The molecule has 3 rings (SSSR count). The highest BCUT2D eigenvalue weighted by Gasteiger charge is 2.45. The Bertz CT molecular complexity index is 703. The average molecular weight is 355 g/mol. The first-order valence-corrected chi connectivity index (χ1v) is 8.25. The zero-order valence-corrected chi connectivity index (χ0v) is 13.6. The van der Waals surface area contributed by atoms with Crippen LogP contribution >= 0.6 is 11.3 Å². The van der Waals surface area contributed by atoms with Crippen LogP contribution in [0.2, 0.25) is 0 Å². The van der Waals surface area contributed by atoms with Crippen LogP contribution < -0.4 is 0 Å². The molecule has 2 aromatic rings. The van der Waals surface area contributed by atoms with Crippen LogP contribution in [-0.2, 0) is 9.47 Å². The molecule has 0 spiro atoms. The fourth-order valence-corrected chi connectivity index (χ4v) is 3.30. The van der Waals surface area contributed by atoms with Crippen molar-refractivity contribution >= 4 is 17.3 Å². The van der Waals surface area contributed by atoms with Crippen LogP contribution in [0.15, 0.2) is 17.5 Å². The lowest BCUT2D eigenvalue weighted by Gasteiger charge is -2.16. The highest BCUT2D eigenvalue weighted by atomic mass is 32.1. The molecule has 3 heterocycles. The molecule has 3 N–H and O–H groups in total. The van der Waals surface area contributed by atoms with Gasteiger partial charge >= 0.3 is 5.97 Å². The van der Waals surface area contributed by atoms with Crippen LogP contribution in [-0.4, -0.2) is 67.8 Å². The number of rotatable bonds is 5. The highest BCUT2D eigenvalue weighted by Crippen LogP contribution is 2.35.